The van der Waals surface area contributed by atoms with E-state index in [4.69, 9.17) is 5.73 Å². The maximum absolute atomic E-state index is 5.88. The minimum absolute atomic E-state index is 0.507. The standard InChI is InChI=1S/C15H30N2/c1-14(2)13(15(14,3)4)10-17-12-8-6-5-7-11(12)9-16/h11-13,17H,5-10,16H2,1-4H3. The van der Waals surface area contributed by atoms with Gasteiger partial charge in [-0.25, -0.2) is 0 Å². The molecule has 100 valence electrons. The Balaban J connectivity index is 1.82. The average Bonchev–Trinajstić information content (AvgIpc) is 2.67. The van der Waals surface area contributed by atoms with Crippen LogP contribution in [0.2, 0.25) is 0 Å². The fraction of sp³-hybridized carbons (Fsp3) is 1.00. The van der Waals surface area contributed by atoms with Crippen molar-refractivity contribution < 1.29 is 0 Å². The van der Waals surface area contributed by atoms with E-state index in [9.17, 15) is 0 Å². The lowest BCUT2D eigenvalue weighted by atomic mass is 9.84. The Kier molecular flexibility index (Phi) is 3.57. The molecule has 0 spiro atoms. The molecule has 2 aliphatic rings. The second-order valence-corrected chi connectivity index (χ2v) is 7.29. The smallest absolute Gasteiger partial charge is 0.0107 e. The minimum atomic E-state index is 0.507. The normalized spacial score (nSPS) is 35.8. The van der Waals surface area contributed by atoms with Gasteiger partial charge in [0.25, 0.3) is 0 Å². The second-order valence-electron chi connectivity index (χ2n) is 7.29. The Morgan fingerprint density at radius 1 is 1.06 bits per heavy atom. The molecule has 2 heteroatoms. The van der Waals surface area contributed by atoms with Gasteiger partial charge in [0.1, 0.15) is 0 Å². The van der Waals surface area contributed by atoms with Crippen LogP contribution < -0.4 is 11.1 Å². The predicted octanol–water partition coefficient (Wildman–Crippen LogP) is 2.78. The van der Waals surface area contributed by atoms with Crippen LogP contribution in [0.15, 0.2) is 0 Å². The topological polar surface area (TPSA) is 38.0 Å². The van der Waals surface area contributed by atoms with Crippen LogP contribution in [-0.4, -0.2) is 19.1 Å². The summed E-state index contributed by atoms with van der Waals surface area (Å²) in [6, 6.07) is 0.681. The van der Waals surface area contributed by atoms with Crippen molar-refractivity contribution in [3.05, 3.63) is 0 Å². The summed E-state index contributed by atoms with van der Waals surface area (Å²) in [5.41, 5.74) is 6.90. The summed E-state index contributed by atoms with van der Waals surface area (Å²) < 4.78 is 0. The molecule has 0 aromatic rings. The summed E-state index contributed by atoms with van der Waals surface area (Å²) in [6.07, 6.45) is 5.41. The van der Waals surface area contributed by atoms with Gasteiger partial charge in [-0.15, -0.1) is 0 Å². The van der Waals surface area contributed by atoms with Crippen LogP contribution in [0.25, 0.3) is 0 Å². The van der Waals surface area contributed by atoms with Crippen LogP contribution in [0.4, 0.5) is 0 Å². The highest BCUT2D eigenvalue weighted by Crippen LogP contribution is 2.67. The van der Waals surface area contributed by atoms with E-state index in [1.165, 1.54) is 32.2 Å². The van der Waals surface area contributed by atoms with Crippen LogP contribution in [-0.2, 0) is 0 Å². The van der Waals surface area contributed by atoms with Gasteiger partial charge in [-0.2, -0.15) is 0 Å². The van der Waals surface area contributed by atoms with Gasteiger partial charge in [-0.3, -0.25) is 0 Å². The third-order valence-corrected chi connectivity index (χ3v) is 6.12. The van der Waals surface area contributed by atoms with Crippen LogP contribution in [0, 0.1) is 22.7 Å². The maximum atomic E-state index is 5.88. The summed E-state index contributed by atoms with van der Waals surface area (Å²) >= 11 is 0. The zero-order valence-electron chi connectivity index (χ0n) is 12.1. The van der Waals surface area contributed by atoms with E-state index in [2.05, 4.69) is 33.0 Å². The first kappa shape index (κ1) is 13.4. The average molecular weight is 238 g/mol. The molecule has 0 aliphatic heterocycles. The first-order valence-electron chi connectivity index (χ1n) is 7.34. The fourth-order valence-corrected chi connectivity index (χ4v) is 3.87. The molecule has 3 N–H and O–H groups in total. The highest BCUT2D eigenvalue weighted by Gasteiger charge is 2.63. The van der Waals surface area contributed by atoms with Crippen LogP contribution in [0.1, 0.15) is 53.4 Å². The molecule has 17 heavy (non-hydrogen) atoms. The lowest BCUT2D eigenvalue weighted by Gasteiger charge is -2.31. The van der Waals surface area contributed by atoms with Gasteiger partial charge in [-0.1, -0.05) is 40.5 Å². The number of rotatable bonds is 4. The lowest BCUT2D eigenvalue weighted by Crippen LogP contribution is -2.43. The SMILES string of the molecule is CC1(C)C(CNC2CCCCC2CN)C1(C)C. The van der Waals surface area contributed by atoms with E-state index in [1.807, 2.05) is 0 Å². The van der Waals surface area contributed by atoms with E-state index < -0.39 is 0 Å². The van der Waals surface area contributed by atoms with Crippen molar-refractivity contribution in [1.82, 2.24) is 5.32 Å². The molecule has 2 saturated carbocycles. The lowest BCUT2D eigenvalue weighted by molar-refractivity contribution is 0.261. The van der Waals surface area contributed by atoms with Crippen molar-refractivity contribution in [2.24, 2.45) is 28.4 Å². The summed E-state index contributed by atoms with van der Waals surface area (Å²) in [5, 5.41) is 3.82. The Hall–Kier alpha value is -0.0800. The second kappa shape index (κ2) is 4.55. The fourth-order valence-electron chi connectivity index (χ4n) is 3.87. The Bertz CT molecular complexity index is 256. The summed E-state index contributed by atoms with van der Waals surface area (Å²) in [4.78, 5) is 0. The molecule has 0 bridgehead atoms. The maximum Gasteiger partial charge on any atom is 0.0107 e. The van der Waals surface area contributed by atoms with Gasteiger partial charge in [0, 0.05) is 6.04 Å². The van der Waals surface area contributed by atoms with Gasteiger partial charge >= 0.3 is 0 Å². The molecular formula is C15H30N2. The highest BCUT2D eigenvalue weighted by molar-refractivity contribution is 5.13. The summed E-state index contributed by atoms with van der Waals surface area (Å²) in [7, 11) is 0. The summed E-state index contributed by atoms with van der Waals surface area (Å²) in [5.74, 6) is 1.55. The predicted molar refractivity (Wildman–Crippen MR) is 73.9 cm³/mol. The third-order valence-electron chi connectivity index (χ3n) is 6.12. The summed E-state index contributed by atoms with van der Waals surface area (Å²) in [6.45, 7) is 11.7. The van der Waals surface area contributed by atoms with Gasteiger partial charge in [-0.05, 0) is 48.6 Å². The van der Waals surface area contributed by atoms with E-state index in [1.54, 1.807) is 0 Å². The van der Waals surface area contributed by atoms with E-state index in [-0.39, 0.29) is 0 Å². The number of hydrogen-bond acceptors (Lipinski definition) is 2. The van der Waals surface area contributed by atoms with Crippen LogP contribution >= 0.6 is 0 Å². The number of nitrogens with two attached hydrogens (primary N) is 1. The Morgan fingerprint density at radius 3 is 2.18 bits per heavy atom. The molecule has 2 rings (SSSR count). The highest BCUT2D eigenvalue weighted by atomic mass is 15.0. The largest absolute Gasteiger partial charge is 0.330 e. The molecule has 0 radical (unpaired) electrons. The van der Waals surface area contributed by atoms with Crippen molar-refractivity contribution in [2.45, 2.75) is 59.4 Å². The third kappa shape index (κ3) is 2.26. The van der Waals surface area contributed by atoms with Crippen molar-refractivity contribution in [2.75, 3.05) is 13.1 Å². The first-order valence-corrected chi connectivity index (χ1v) is 7.34. The molecule has 0 heterocycles. The monoisotopic (exact) mass is 238 g/mol. The molecule has 2 nitrogen and oxygen atoms in total. The molecule has 0 saturated heterocycles. The molecule has 0 amide bonds. The van der Waals surface area contributed by atoms with Gasteiger partial charge in [0.2, 0.25) is 0 Å². The van der Waals surface area contributed by atoms with E-state index in [0.717, 1.165) is 12.5 Å². The molecule has 0 aromatic heterocycles. The van der Waals surface area contributed by atoms with Gasteiger partial charge < -0.3 is 11.1 Å². The first-order chi connectivity index (χ1) is 7.91. The number of nitrogens with one attached hydrogen (secondary N) is 1. The van der Waals surface area contributed by atoms with Gasteiger partial charge in [0.05, 0.1) is 0 Å². The zero-order chi connectivity index (χ0) is 12.7. The van der Waals surface area contributed by atoms with Crippen molar-refractivity contribution in [3.8, 4) is 0 Å². The van der Waals surface area contributed by atoms with Crippen molar-refractivity contribution in [1.29, 1.82) is 0 Å². The zero-order valence-corrected chi connectivity index (χ0v) is 12.1. The molecule has 2 fully saturated rings. The molecular weight excluding hydrogens is 208 g/mol. The van der Waals surface area contributed by atoms with Crippen LogP contribution in [0.3, 0.4) is 0 Å². The Morgan fingerprint density at radius 2 is 1.65 bits per heavy atom. The number of hydrogen-bond donors (Lipinski definition) is 2. The minimum Gasteiger partial charge on any atom is -0.330 e. The van der Waals surface area contributed by atoms with Crippen molar-refractivity contribution >= 4 is 0 Å². The quantitative estimate of drug-likeness (QED) is 0.790. The van der Waals surface area contributed by atoms with E-state index >= 15 is 0 Å². The van der Waals surface area contributed by atoms with Gasteiger partial charge in [0.15, 0.2) is 0 Å². The van der Waals surface area contributed by atoms with E-state index in [0.29, 0.717) is 22.8 Å². The molecule has 2 atom stereocenters. The molecule has 2 unspecified atom stereocenters. The molecule has 0 aromatic carbocycles. The Labute approximate surface area is 107 Å². The van der Waals surface area contributed by atoms with Crippen LogP contribution in [0.5, 0.6) is 0 Å². The molecule has 2 aliphatic carbocycles. The van der Waals surface area contributed by atoms with Crippen molar-refractivity contribution in [3.63, 3.8) is 0 Å².